The average molecular weight is 520 g/mol. The lowest BCUT2D eigenvalue weighted by Crippen LogP contribution is -2.37. The Hall–Kier alpha value is -3.34. The van der Waals surface area contributed by atoms with Gasteiger partial charge in [-0.2, -0.15) is 0 Å². The van der Waals surface area contributed by atoms with Crippen LogP contribution in [0.15, 0.2) is 77.7 Å². The zero-order chi connectivity index (χ0) is 24.6. The van der Waals surface area contributed by atoms with Crippen molar-refractivity contribution < 1.29 is 22.7 Å². The van der Waals surface area contributed by atoms with E-state index >= 15 is 0 Å². The molecule has 0 saturated heterocycles. The summed E-state index contributed by atoms with van der Waals surface area (Å²) in [6.07, 6.45) is 0. The highest BCUT2D eigenvalue weighted by Crippen LogP contribution is 2.23. The molecule has 0 unspecified atom stereocenters. The van der Waals surface area contributed by atoms with Crippen molar-refractivity contribution in [1.82, 2.24) is 5.32 Å². The van der Waals surface area contributed by atoms with Crippen molar-refractivity contribution in [2.75, 3.05) is 23.3 Å². The van der Waals surface area contributed by atoms with E-state index in [9.17, 15) is 13.2 Å². The number of hydrogen-bond donors (Lipinski definition) is 3. The van der Waals surface area contributed by atoms with Gasteiger partial charge in [0.2, 0.25) is 0 Å². The number of halogens is 1. The molecule has 0 spiro atoms. The van der Waals surface area contributed by atoms with E-state index in [1.807, 2.05) is 6.92 Å². The van der Waals surface area contributed by atoms with Gasteiger partial charge in [0.15, 0.2) is 11.7 Å². The first-order valence-corrected chi connectivity index (χ1v) is 12.4. The summed E-state index contributed by atoms with van der Waals surface area (Å²) >= 11 is 11.1. The standard InChI is InChI=1S/C23H22ClN3O5S2/c1-2-31-18-11-7-17(8-12-18)27-34(29,30)19-13-9-16(10-14-19)25-23(33)26-22(28)15-32-21-6-4-3-5-20(21)24/h3-14,27H,2,15H2,1H3,(H2,25,26,28,33). The molecule has 0 aliphatic heterocycles. The number of sulfonamides is 1. The number of ether oxygens (including phenoxy) is 2. The maximum atomic E-state index is 12.6. The van der Waals surface area contributed by atoms with Crippen molar-refractivity contribution in [2.24, 2.45) is 0 Å². The van der Waals surface area contributed by atoms with E-state index < -0.39 is 15.9 Å². The van der Waals surface area contributed by atoms with Crippen molar-refractivity contribution in [3.63, 3.8) is 0 Å². The third-order valence-electron chi connectivity index (χ3n) is 4.29. The van der Waals surface area contributed by atoms with Crippen LogP contribution in [-0.4, -0.2) is 32.7 Å². The molecule has 0 bridgehead atoms. The predicted octanol–water partition coefficient (Wildman–Crippen LogP) is 4.43. The van der Waals surface area contributed by atoms with Gasteiger partial charge in [-0.1, -0.05) is 23.7 Å². The number of thiocarbonyl (C=S) groups is 1. The van der Waals surface area contributed by atoms with Gasteiger partial charge >= 0.3 is 0 Å². The van der Waals surface area contributed by atoms with E-state index in [1.54, 1.807) is 48.5 Å². The monoisotopic (exact) mass is 519 g/mol. The van der Waals surface area contributed by atoms with E-state index in [0.29, 0.717) is 34.5 Å². The Morgan fingerprint density at radius 3 is 2.24 bits per heavy atom. The summed E-state index contributed by atoms with van der Waals surface area (Å²) in [5.74, 6) is 0.560. The molecular weight excluding hydrogens is 498 g/mol. The second kappa shape index (κ2) is 11.7. The second-order valence-electron chi connectivity index (χ2n) is 6.81. The van der Waals surface area contributed by atoms with Gasteiger partial charge in [0.05, 0.1) is 16.5 Å². The van der Waals surface area contributed by atoms with Gasteiger partial charge in [-0.25, -0.2) is 8.42 Å². The molecule has 3 aromatic carbocycles. The highest BCUT2D eigenvalue weighted by molar-refractivity contribution is 7.92. The largest absolute Gasteiger partial charge is 0.494 e. The summed E-state index contributed by atoms with van der Waals surface area (Å²) in [6, 6.07) is 19.3. The Bertz CT molecular complexity index is 1250. The van der Waals surface area contributed by atoms with E-state index in [-0.39, 0.29) is 16.6 Å². The van der Waals surface area contributed by atoms with Crippen LogP contribution >= 0.6 is 23.8 Å². The molecular formula is C23H22ClN3O5S2. The molecule has 0 atom stereocenters. The normalized spacial score (nSPS) is 10.8. The van der Waals surface area contributed by atoms with E-state index in [2.05, 4.69) is 15.4 Å². The first-order chi connectivity index (χ1) is 16.3. The fraction of sp³-hybridized carbons (Fsp3) is 0.130. The number of nitrogens with one attached hydrogen (secondary N) is 3. The van der Waals surface area contributed by atoms with Crippen LogP contribution < -0.4 is 24.8 Å². The minimum Gasteiger partial charge on any atom is -0.494 e. The lowest BCUT2D eigenvalue weighted by molar-refractivity contribution is -0.121. The number of anilines is 2. The molecule has 11 heteroatoms. The van der Waals surface area contributed by atoms with E-state index in [0.717, 1.165) is 0 Å². The van der Waals surface area contributed by atoms with Crippen molar-refractivity contribution in [3.05, 3.63) is 77.8 Å². The molecule has 0 aliphatic rings. The number of amides is 1. The van der Waals surface area contributed by atoms with Crippen LogP contribution in [-0.2, 0) is 14.8 Å². The number of hydrogen-bond acceptors (Lipinski definition) is 6. The third-order valence-corrected chi connectivity index (χ3v) is 6.20. The van der Waals surface area contributed by atoms with Gasteiger partial charge in [0.1, 0.15) is 11.5 Å². The third kappa shape index (κ3) is 7.34. The number of benzene rings is 3. The first kappa shape index (κ1) is 25.3. The van der Waals surface area contributed by atoms with Crippen molar-refractivity contribution >= 4 is 56.2 Å². The zero-order valence-corrected chi connectivity index (χ0v) is 20.5. The van der Waals surface area contributed by atoms with Gasteiger partial charge in [-0.3, -0.25) is 14.8 Å². The molecule has 34 heavy (non-hydrogen) atoms. The molecule has 0 fully saturated rings. The lowest BCUT2D eigenvalue weighted by Gasteiger charge is -2.12. The van der Waals surface area contributed by atoms with Crippen molar-refractivity contribution in [2.45, 2.75) is 11.8 Å². The van der Waals surface area contributed by atoms with Gasteiger partial charge in [-0.15, -0.1) is 0 Å². The van der Waals surface area contributed by atoms with Gasteiger partial charge in [-0.05, 0) is 79.8 Å². The topological polar surface area (TPSA) is 106 Å². The summed E-state index contributed by atoms with van der Waals surface area (Å²) in [6.45, 7) is 2.11. The molecule has 8 nitrogen and oxygen atoms in total. The summed E-state index contributed by atoms with van der Waals surface area (Å²) in [7, 11) is -3.79. The highest BCUT2D eigenvalue weighted by atomic mass is 35.5. The number of para-hydroxylation sites is 1. The van der Waals surface area contributed by atoms with Crippen molar-refractivity contribution in [1.29, 1.82) is 0 Å². The average Bonchev–Trinajstić information content (AvgIpc) is 2.80. The summed E-state index contributed by atoms with van der Waals surface area (Å²) in [4.78, 5) is 12.1. The van der Waals surface area contributed by atoms with Gasteiger partial charge < -0.3 is 14.8 Å². The summed E-state index contributed by atoms with van der Waals surface area (Å²) in [5.41, 5.74) is 0.908. The SMILES string of the molecule is CCOc1ccc(NS(=O)(=O)c2ccc(NC(=S)NC(=O)COc3ccccc3Cl)cc2)cc1. The first-order valence-electron chi connectivity index (χ1n) is 10.1. The Balaban J connectivity index is 1.52. The molecule has 0 heterocycles. The fourth-order valence-corrected chi connectivity index (χ4v) is 4.23. The maximum absolute atomic E-state index is 12.6. The minimum absolute atomic E-state index is 0.0379. The Kier molecular flexibility index (Phi) is 8.69. The second-order valence-corrected chi connectivity index (χ2v) is 9.31. The molecule has 178 valence electrons. The zero-order valence-electron chi connectivity index (χ0n) is 18.1. The number of carbonyl (C=O) groups is 1. The Morgan fingerprint density at radius 2 is 1.59 bits per heavy atom. The Labute approximate surface area is 208 Å². The van der Waals surface area contributed by atoms with Crippen molar-refractivity contribution in [3.8, 4) is 11.5 Å². The number of rotatable bonds is 9. The molecule has 3 aromatic rings. The predicted molar refractivity (Wildman–Crippen MR) is 136 cm³/mol. The van der Waals surface area contributed by atoms with Crippen LogP contribution in [0.25, 0.3) is 0 Å². The number of carbonyl (C=O) groups excluding carboxylic acids is 1. The van der Waals surface area contributed by atoms with Crippen LogP contribution in [0.3, 0.4) is 0 Å². The molecule has 3 N–H and O–H groups in total. The molecule has 1 amide bonds. The molecule has 3 rings (SSSR count). The van der Waals surface area contributed by atoms with Crippen LogP contribution in [0.1, 0.15) is 6.92 Å². The molecule has 0 aliphatic carbocycles. The lowest BCUT2D eigenvalue weighted by atomic mass is 10.3. The van der Waals surface area contributed by atoms with E-state index in [1.165, 1.54) is 24.3 Å². The van der Waals surface area contributed by atoms with Crippen LogP contribution in [0.5, 0.6) is 11.5 Å². The molecule has 0 aromatic heterocycles. The minimum atomic E-state index is -3.79. The van der Waals surface area contributed by atoms with Gasteiger partial charge in [0, 0.05) is 11.4 Å². The van der Waals surface area contributed by atoms with Gasteiger partial charge in [0.25, 0.3) is 15.9 Å². The fourth-order valence-electron chi connectivity index (χ4n) is 2.75. The maximum Gasteiger partial charge on any atom is 0.264 e. The van der Waals surface area contributed by atoms with Crippen LogP contribution in [0.4, 0.5) is 11.4 Å². The van der Waals surface area contributed by atoms with E-state index in [4.69, 9.17) is 33.3 Å². The summed E-state index contributed by atoms with van der Waals surface area (Å²) in [5, 5.41) is 5.73. The highest BCUT2D eigenvalue weighted by Gasteiger charge is 2.15. The quantitative estimate of drug-likeness (QED) is 0.359. The van der Waals surface area contributed by atoms with Crippen LogP contribution in [0, 0.1) is 0 Å². The van der Waals surface area contributed by atoms with Crippen LogP contribution in [0.2, 0.25) is 5.02 Å². The molecule has 0 radical (unpaired) electrons. The smallest absolute Gasteiger partial charge is 0.264 e. The Morgan fingerprint density at radius 1 is 0.941 bits per heavy atom. The molecule has 0 saturated carbocycles. The summed E-state index contributed by atoms with van der Waals surface area (Å²) < 4.78 is 38.5.